The van der Waals surface area contributed by atoms with E-state index in [0.29, 0.717) is 24.3 Å². The van der Waals surface area contributed by atoms with Gasteiger partial charge in [-0.15, -0.1) is 0 Å². The van der Waals surface area contributed by atoms with E-state index in [1.807, 2.05) is 0 Å². The van der Waals surface area contributed by atoms with E-state index in [4.69, 9.17) is 11.6 Å². The summed E-state index contributed by atoms with van der Waals surface area (Å²) >= 11 is 5.97. The van der Waals surface area contributed by atoms with Crippen molar-refractivity contribution in [2.75, 3.05) is 18.4 Å². The Bertz CT molecular complexity index is 626. The zero-order valence-corrected chi connectivity index (χ0v) is 13.7. The molecule has 0 aliphatic carbocycles. The first kappa shape index (κ1) is 17.9. The summed E-state index contributed by atoms with van der Waals surface area (Å²) in [4.78, 5) is 36.7. The fraction of sp³-hybridized carbons (Fsp3) is 0.312. The highest BCUT2D eigenvalue weighted by molar-refractivity contribution is 6.40. The van der Waals surface area contributed by atoms with E-state index in [1.165, 1.54) is 30.0 Å². The van der Waals surface area contributed by atoms with Crippen LogP contribution in [0.5, 0.6) is 0 Å². The van der Waals surface area contributed by atoms with Crippen LogP contribution >= 0.6 is 11.6 Å². The highest BCUT2D eigenvalue weighted by Gasteiger charge is 2.21. The minimum Gasteiger partial charge on any atom is -0.331 e. The molecule has 22 heavy (non-hydrogen) atoms. The molecule has 1 aromatic carbocycles. The molecule has 0 saturated heterocycles. The maximum Gasteiger partial charge on any atom is 0.313 e. The molecular weight excluding hydrogens is 304 g/mol. The number of carbonyl (C=O) groups is 3. The first-order valence-electron chi connectivity index (χ1n) is 6.81. The van der Waals surface area contributed by atoms with Gasteiger partial charge >= 0.3 is 11.8 Å². The maximum absolute atomic E-state index is 12.1. The average molecular weight is 323 g/mol. The molecule has 1 rings (SSSR count). The molecule has 0 atom stereocenters. The molecule has 2 amide bonds. The molecule has 0 unspecified atom stereocenters. The lowest BCUT2D eigenvalue weighted by Gasteiger charge is -2.20. The number of anilines is 1. The molecule has 5 nitrogen and oxygen atoms in total. The van der Waals surface area contributed by atoms with Gasteiger partial charge in [0.2, 0.25) is 0 Å². The third kappa shape index (κ3) is 4.70. The Hall–Kier alpha value is -2.14. The summed E-state index contributed by atoms with van der Waals surface area (Å²) in [6.45, 7) is 9.44. The lowest BCUT2D eigenvalue weighted by Crippen LogP contribution is -2.40. The van der Waals surface area contributed by atoms with Gasteiger partial charge in [0.1, 0.15) is 0 Å². The Morgan fingerprint density at radius 1 is 1.27 bits per heavy atom. The van der Waals surface area contributed by atoms with Crippen molar-refractivity contribution in [2.45, 2.75) is 20.8 Å². The number of hydrogen-bond donors (Lipinski definition) is 1. The van der Waals surface area contributed by atoms with Crippen molar-refractivity contribution in [3.8, 4) is 0 Å². The molecule has 0 aliphatic heterocycles. The van der Waals surface area contributed by atoms with Crippen LogP contribution in [0.1, 0.15) is 31.1 Å². The van der Waals surface area contributed by atoms with Crippen LogP contribution in [0.4, 0.5) is 5.69 Å². The van der Waals surface area contributed by atoms with E-state index in [1.54, 1.807) is 13.8 Å². The first-order chi connectivity index (χ1) is 10.3. The molecular formula is C16H19ClN2O3. The van der Waals surface area contributed by atoms with Gasteiger partial charge in [-0.05, 0) is 39.0 Å². The number of ketones is 1. The summed E-state index contributed by atoms with van der Waals surface area (Å²) in [6, 6.07) is 4.48. The topological polar surface area (TPSA) is 66.5 Å². The van der Waals surface area contributed by atoms with E-state index in [2.05, 4.69) is 11.9 Å². The molecule has 1 aromatic rings. The summed E-state index contributed by atoms with van der Waals surface area (Å²) in [7, 11) is 0. The van der Waals surface area contributed by atoms with Crippen molar-refractivity contribution < 1.29 is 14.4 Å². The molecule has 0 radical (unpaired) electrons. The van der Waals surface area contributed by atoms with E-state index >= 15 is 0 Å². The second-order valence-corrected chi connectivity index (χ2v) is 5.39. The minimum atomic E-state index is -0.755. The Kier molecular flexibility index (Phi) is 6.31. The lowest BCUT2D eigenvalue weighted by atomic mass is 10.1. The van der Waals surface area contributed by atoms with Crippen molar-refractivity contribution in [1.82, 2.24) is 4.90 Å². The van der Waals surface area contributed by atoms with Gasteiger partial charge in [0, 0.05) is 24.3 Å². The van der Waals surface area contributed by atoms with Gasteiger partial charge in [0.05, 0.1) is 5.02 Å². The van der Waals surface area contributed by atoms with Gasteiger partial charge < -0.3 is 10.2 Å². The number of nitrogens with zero attached hydrogens (tertiary/aromatic N) is 1. The van der Waals surface area contributed by atoms with Gasteiger partial charge in [-0.2, -0.15) is 0 Å². The number of hydrogen-bond acceptors (Lipinski definition) is 3. The van der Waals surface area contributed by atoms with Gasteiger partial charge in [0.25, 0.3) is 0 Å². The molecule has 0 spiro atoms. The maximum atomic E-state index is 12.1. The highest BCUT2D eigenvalue weighted by Crippen LogP contribution is 2.21. The lowest BCUT2D eigenvalue weighted by molar-refractivity contribution is -0.142. The zero-order chi connectivity index (χ0) is 16.9. The minimum absolute atomic E-state index is 0.169. The Morgan fingerprint density at radius 3 is 2.36 bits per heavy atom. The highest BCUT2D eigenvalue weighted by atomic mass is 35.5. The molecule has 0 heterocycles. The van der Waals surface area contributed by atoms with Crippen molar-refractivity contribution in [3.63, 3.8) is 0 Å². The smallest absolute Gasteiger partial charge is 0.313 e. The van der Waals surface area contributed by atoms with Crippen LogP contribution in [0.2, 0.25) is 5.02 Å². The normalized spacial score (nSPS) is 10.0. The van der Waals surface area contributed by atoms with Crippen molar-refractivity contribution in [3.05, 3.63) is 40.9 Å². The zero-order valence-electron chi connectivity index (χ0n) is 12.9. The van der Waals surface area contributed by atoms with Gasteiger partial charge in [0.15, 0.2) is 5.78 Å². The van der Waals surface area contributed by atoms with Crippen LogP contribution in [0.3, 0.4) is 0 Å². The third-order valence-electron chi connectivity index (χ3n) is 2.93. The fourth-order valence-electron chi connectivity index (χ4n) is 1.86. The summed E-state index contributed by atoms with van der Waals surface area (Å²) < 4.78 is 0. The van der Waals surface area contributed by atoms with Crippen molar-refractivity contribution in [2.24, 2.45) is 0 Å². The van der Waals surface area contributed by atoms with E-state index in [9.17, 15) is 14.4 Å². The van der Waals surface area contributed by atoms with Gasteiger partial charge in [-0.1, -0.05) is 23.8 Å². The number of carbonyl (C=O) groups excluding carboxylic acids is 3. The summed E-state index contributed by atoms with van der Waals surface area (Å²) in [5.41, 5.74) is 1.51. The predicted molar refractivity (Wildman–Crippen MR) is 87.2 cm³/mol. The number of rotatable bonds is 5. The monoisotopic (exact) mass is 322 g/mol. The van der Waals surface area contributed by atoms with Crippen LogP contribution in [0.25, 0.3) is 0 Å². The molecule has 0 aromatic heterocycles. The van der Waals surface area contributed by atoms with Gasteiger partial charge in [-0.25, -0.2) is 0 Å². The standard InChI is InChI=1S/C16H19ClN2O3/c1-5-19(9-10(2)3)16(22)15(21)18-12-6-7-13(11(4)20)14(17)8-12/h6-8H,2,5,9H2,1,3-4H3,(H,18,21). The Morgan fingerprint density at radius 2 is 1.91 bits per heavy atom. The number of halogens is 1. The van der Waals surface area contributed by atoms with Crippen LogP contribution in [-0.2, 0) is 9.59 Å². The van der Waals surface area contributed by atoms with Crippen LogP contribution in [-0.4, -0.2) is 35.6 Å². The fourth-order valence-corrected chi connectivity index (χ4v) is 2.17. The molecule has 6 heteroatoms. The van der Waals surface area contributed by atoms with Crippen molar-refractivity contribution >= 4 is 34.9 Å². The summed E-state index contributed by atoms with van der Waals surface area (Å²) in [5, 5.41) is 2.71. The molecule has 0 fully saturated rings. The molecule has 0 aliphatic rings. The van der Waals surface area contributed by atoms with E-state index in [0.717, 1.165) is 5.57 Å². The average Bonchev–Trinajstić information content (AvgIpc) is 2.43. The number of Topliss-reactive ketones (excluding diaryl/α,β-unsaturated/α-hetero) is 1. The predicted octanol–water partition coefficient (Wildman–Crippen LogP) is 2.91. The molecule has 118 valence electrons. The second-order valence-electron chi connectivity index (χ2n) is 4.98. The third-order valence-corrected chi connectivity index (χ3v) is 3.24. The van der Waals surface area contributed by atoms with Gasteiger partial charge in [-0.3, -0.25) is 14.4 Å². The largest absolute Gasteiger partial charge is 0.331 e. The Balaban J connectivity index is 2.83. The van der Waals surface area contributed by atoms with E-state index in [-0.39, 0.29) is 10.8 Å². The van der Waals surface area contributed by atoms with Crippen LogP contribution in [0.15, 0.2) is 30.4 Å². The SMILES string of the molecule is C=C(C)CN(CC)C(=O)C(=O)Nc1ccc(C(C)=O)c(Cl)c1. The molecule has 0 bridgehead atoms. The number of nitrogens with one attached hydrogen (secondary N) is 1. The van der Waals surface area contributed by atoms with E-state index < -0.39 is 11.8 Å². The van der Waals surface area contributed by atoms with Crippen molar-refractivity contribution in [1.29, 1.82) is 0 Å². The van der Waals surface area contributed by atoms with Crippen LogP contribution in [0, 0.1) is 0 Å². The summed E-state index contributed by atoms with van der Waals surface area (Å²) in [6.07, 6.45) is 0. The second kappa shape index (κ2) is 7.75. The first-order valence-corrected chi connectivity index (χ1v) is 7.19. The number of benzene rings is 1. The number of likely N-dealkylation sites (N-methyl/N-ethyl adjacent to an activating group) is 1. The molecule has 0 saturated carbocycles. The number of amides is 2. The quantitative estimate of drug-likeness (QED) is 0.515. The Labute approximate surface area is 134 Å². The van der Waals surface area contributed by atoms with Crippen LogP contribution < -0.4 is 5.32 Å². The molecule has 1 N–H and O–H groups in total. The summed E-state index contributed by atoms with van der Waals surface area (Å²) in [5.74, 6) is -1.57.